The second-order valence-electron chi connectivity index (χ2n) is 4.71. The minimum absolute atomic E-state index is 0.676. The average molecular weight is 323 g/mol. The number of unbranched alkanes of at least 4 members (excludes halogenated alkanes) is 1. The number of rotatable bonds is 5. The second kappa shape index (κ2) is 7.46. The summed E-state index contributed by atoms with van der Waals surface area (Å²) in [6.07, 6.45) is 4.25. The van der Waals surface area contributed by atoms with Gasteiger partial charge in [0, 0.05) is 37.7 Å². The molecule has 4 nitrogen and oxygen atoms in total. The van der Waals surface area contributed by atoms with Gasteiger partial charge in [-0.05, 0) is 31.5 Å². The van der Waals surface area contributed by atoms with Crippen LogP contribution < -0.4 is 4.90 Å². The Hall–Kier alpha value is -1.12. The van der Waals surface area contributed by atoms with Crippen LogP contribution in [0.2, 0.25) is 0 Å². The predicted molar refractivity (Wildman–Crippen MR) is 80.6 cm³/mol. The lowest BCUT2D eigenvalue weighted by atomic mass is 10.2. The Morgan fingerprint density at radius 2 is 2.05 bits per heavy atom. The normalized spacial score (nSPS) is 16.3. The van der Waals surface area contributed by atoms with Crippen LogP contribution in [-0.2, 0) is 0 Å². The van der Waals surface area contributed by atoms with Gasteiger partial charge in [0.2, 0.25) is 0 Å². The van der Waals surface area contributed by atoms with Crippen LogP contribution in [0.15, 0.2) is 18.3 Å². The molecule has 0 spiro atoms. The zero-order valence-electron chi connectivity index (χ0n) is 11.1. The van der Waals surface area contributed by atoms with Crippen molar-refractivity contribution in [3.8, 4) is 6.07 Å². The fourth-order valence-electron chi connectivity index (χ4n) is 2.35. The van der Waals surface area contributed by atoms with Crippen LogP contribution in [0.25, 0.3) is 0 Å². The van der Waals surface area contributed by atoms with Gasteiger partial charge in [0.1, 0.15) is 11.9 Å². The molecule has 0 bridgehead atoms. The first-order chi connectivity index (χ1) is 9.35. The molecule has 1 fully saturated rings. The highest BCUT2D eigenvalue weighted by molar-refractivity contribution is 9.09. The lowest BCUT2D eigenvalue weighted by Gasteiger charge is -2.35. The largest absolute Gasteiger partial charge is 0.353 e. The van der Waals surface area contributed by atoms with Crippen LogP contribution in [0.1, 0.15) is 18.4 Å². The van der Waals surface area contributed by atoms with Crippen LogP contribution in [0, 0.1) is 11.3 Å². The molecule has 1 saturated heterocycles. The van der Waals surface area contributed by atoms with Gasteiger partial charge in [-0.25, -0.2) is 4.98 Å². The third kappa shape index (κ3) is 3.92. The van der Waals surface area contributed by atoms with Gasteiger partial charge in [0.15, 0.2) is 0 Å². The van der Waals surface area contributed by atoms with E-state index < -0.39 is 0 Å². The summed E-state index contributed by atoms with van der Waals surface area (Å²) in [5.41, 5.74) is 0.676. The Labute approximate surface area is 123 Å². The van der Waals surface area contributed by atoms with Crippen molar-refractivity contribution in [2.75, 3.05) is 43.0 Å². The van der Waals surface area contributed by atoms with E-state index in [2.05, 4.69) is 36.8 Å². The first-order valence-electron chi connectivity index (χ1n) is 6.73. The van der Waals surface area contributed by atoms with Crippen molar-refractivity contribution in [3.05, 3.63) is 23.9 Å². The van der Waals surface area contributed by atoms with Crippen molar-refractivity contribution >= 4 is 21.7 Å². The molecule has 1 aliphatic heterocycles. The summed E-state index contributed by atoms with van der Waals surface area (Å²) in [4.78, 5) is 9.07. The number of pyridine rings is 1. The van der Waals surface area contributed by atoms with Crippen molar-refractivity contribution < 1.29 is 0 Å². The molecule has 0 saturated carbocycles. The van der Waals surface area contributed by atoms with Crippen LogP contribution in [-0.4, -0.2) is 47.9 Å². The zero-order chi connectivity index (χ0) is 13.5. The molecule has 0 aromatic carbocycles. The molecular formula is C14H19BrN4. The number of nitrogens with zero attached hydrogens (tertiary/aromatic N) is 4. The van der Waals surface area contributed by atoms with Crippen molar-refractivity contribution in [1.29, 1.82) is 5.26 Å². The fourth-order valence-corrected chi connectivity index (χ4v) is 2.75. The molecule has 0 N–H and O–H groups in total. The molecule has 2 rings (SSSR count). The maximum absolute atomic E-state index is 9.11. The summed E-state index contributed by atoms with van der Waals surface area (Å²) in [6.45, 7) is 5.21. The van der Waals surface area contributed by atoms with Crippen molar-refractivity contribution in [3.63, 3.8) is 0 Å². The predicted octanol–water partition coefficient (Wildman–Crippen LogP) is 2.25. The lowest BCUT2D eigenvalue weighted by molar-refractivity contribution is 0.254. The molecule has 0 unspecified atom stereocenters. The number of hydrogen-bond acceptors (Lipinski definition) is 4. The van der Waals surface area contributed by atoms with Crippen LogP contribution in [0.3, 0.4) is 0 Å². The summed E-state index contributed by atoms with van der Waals surface area (Å²) < 4.78 is 0. The lowest BCUT2D eigenvalue weighted by Crippen LogP contribution is -2.47. The van der Waals surface area contributed by atoms with E-state index in [-0.39, 0.29) is 0 Å². The van der Waals surface area contributed by atoms with E-state index in [4.69, 9.17) is 5.26 Å². The van der Waals surface area contributed by atoms with Gasteiger partial charge in [-0.2, -0.15) is 5.26 Å². The minimum atomic E-state index is 0.676. The smallest absolute Gasteiger partial charge is 0.146 e. The summed E-state index contributed by atoms with van der Waals surface area (Å²) >= 11 is 3.46. The van der Waals surface area contributed by atoms with Crippen LogP contribution >= 0.6 is 15.9 Å². The van der Waals surface area contributed by atoms with E-state index in [1.54, 1.807) is 6.20 Å². The highest BCUT2D eigenvalue weighted by Gasteiger charge is 2.19. The van der Waals surface area contributed by atoms with Gasteiger partial charge in [-0.15, -0.1) is 0 Å². The number of nitriles is 1. The monoisotopic (exact) mass is 322 g/mol. The maximum atomic E-state index is 9.11. The first kappa shape index (κ1) is 14.3. The van der Waals surface area contributed by atoms with Gasteiger partial charge in [0.25, 0.3) is 0 Å². The Morgan fingerprint density at radius 1 is 1.26 bits per heavy atom. The maximum Gasteiger partial charge on any atom is 0.146 e. The highest BCUT2D eigenvalue weighted by atomic mass is 79.9. The van der Waals surface area contributed by atoms with E-state index in [9.17, 15) is 0 Å². The highest BCUT2D eigenvalue weighted by Crippen LogP contribution is 2.18. The molecule has 1 aromatic heterocycles. The number of anilines is 1. The average Bonchev–Trinajstić information content (AvgIpc) is 2.48. The van der Waals surface area contributed by atoms with Crippen LogP contribution in [0.5, 0.6) is 0 Å². The van der Waals surface area contributed by atoms with E-state index in [1.165, 1.54) is 19.4 Å². The van der Waals surface area contributed by atoms with E-state index >= 15 is 0 Å². The van der Waals surface area contributed by atoms with Crippen molar-refractivity contribution in [2.24, 2.45) is 0 Å². The number of piperazine rings is 1. The summed E-state index contributed by atoms with van der Waals surface area (Å²) in [5.74, 6) is 0.838. The summed E-state index contributed by atoms with van der Waals surface area (Å²) in [5, 5.41) is 10.2. The molecule has 19 heavy (non-hydrogen) atoms. The Morgan fingerprint density at radius 3 is 2.74 bits per heavy atom. The molecule has 0 radical (unpaired) electrons. The first-order valence-corrected chi connectivity index (χ1v) is 7.85. The van der Waals surface area contributed by atoms with Crippen molar-refractivity contribution in [1.82, 2.24) is 9.88 Å². The zero-order valence-corrected chi connectivity index (χ0v) is 12.6. The Kier molecular flexibility index (Phi) is 5.62. The summed E-state index contributed by atoms with van der Waals surface area (Å²) in [6, 6.07) is 5.88. The molecule has 1 aromatic rings. The van der Waals surface area contributed by atoms with Gasteiger partial charge >= 0.3 is 0 Å². The topological polar surface area (TPSA) is 43.2 Å². The Balaban J connectivity index is 1.88. The Bertz CT molecular complexity index is 435. The SMILES string of the molecule is N#Cc1cccnc1N1CCN(CCCCBr)CC1. The molecule has 102 valence electrons. The van der Waals surface area contributed by atoms with E-state index in [0.717, 1.165) is 37.3 Å². The molecular weight excluding hydrogens is 304 g/mol. The van der Waals surface area contributed by atoms with Crippen molar-refractivity contribution in [2.45, 2.75) is 12.8 Å². The third-order valence-corrected chi connectivity index (χ3v) is 4.00. The van der Waals surface area contributed by atoms with Gasteiger partial charge < -0.3 is 4.90 Å². The van der Waals surface area contributed by atoms with Gasteiger partial charge in [0.05, 0.1) is 5.56 Å². The number of halogens is 1. The third-order valence-electron chi connectivity index (χ3n) is 3.44. The fraction of sp³-hybridized carbons (Fsp3) is 0.571. The number of alkyl halides is 1. The van der Waals surface area contributed by atoms with E-state index in [0.29, 0.717) is 5.56 Å². The molecule has 0 atom stereocenters. The number of hydrogen-bond donors (Lipinski definition) is 0. The van der Waals surface area contributed by atoms with Crippen LogP contribution in [0.4, 0.5) is 5.82 Å². The number of aromatic nitrogens is 1. The minimum Gasteiger partial charge on any atom is -0.353 e. The summed E-state index contributed by atoms with van der Waals surface area (Å²) in [7, 11) is 0. The quantitative estimate of drug-likeness (QED) is 0.616. The molecule has 1 aliphatic rings. The van der Waals surface area contributed by atoms with Gasteiger partial charge in [-0.1, -0.05) is 15.9 Å². The molecule has 0 aliphatic carbocycles. The molecule has 0 amide bonds. The molecule has 5 heteroatoms. The second-order valence-corrected chi connectivity index (χ2v) is 5.50. The molecule has 2 heterocycles. The van der Waals surface area contributed by atoms with E-state index in [1.807, 2.05) is 12.1 Å². The standard InChI is InChI=1S/C14H19BrN4/c15-5-1-2-7-18-8-10-19(11-9-18)14-13(12-16)4-3-6-17-14/h3-4,6H,1-2,5,7-11H2. The van der Waals surface area contributed by atoms with Gasteiger partial charge in [-0.3, -0.25) is 4.90 Å².